The number of benzene rings is 1. The fourth-order valence-corrected chi connectivity index (χ4v) is 3.31. The third kappa shape index (κ3) is 2.36. The lowest BCUT2D eigenvalue weighted by Gasteiger charge is -2.35. The number of anilines is 2. The van der Waals surface area contributed by atoms with E-state index in [0.717, 1.165) is 47.2 Å². The van der Waals surface area contributed by atoms with Gasteiger partial charge in [0.25, 0.3) is 0 Å². The van der Waals surface area contributed by atoms with Crippen LogP contribution in [0.3, 0.4) is 0 Å². The summed E-state index contributed by atoms with van der Waals surface area (Å²) in [6.07, 6.45) is 4.44. The van der Waals surface area contributed by atoms with Gasteiger partial charge in [-0.2, -0.15) is 0 Å². The Morgan fingerprint density at radius 2 is 2.23 bits per heavy atom. The molecule has 5 nitrogen and oxygen atoms in total. The molecule has 3 rings (SSSR count). The Hall–Kier alpha value is -2.30. The minimum absolute atomic E-state index is 0.482. The lowest BCUT2D eigenvalue weighted by atomic mass is 9.99. The lowest BCUT2D eigenvalue weighted by molar-refractivity contribution is -0.139. The Balaban J connectivity index is 2.20. The molecule has 0 aliphatic carbocycles. The number of hydrogen-bond acceptors (Lipinski definition) is 4. The molecule has 1 unspecified atom stereocenters. The molecule has 2 aromatic rings. The summed E-state index contributed by atoms with van der Waals surface area (Å²) < 4.78 is 0. The second-order valence-corrected chi connectivity index (χ2v) is 5.79. The first kappa shape index (κ1) is 14.6. The SMILES string of the molecule is CNc1cnc(N2CCCCC2C(=O)O)c2c(C)cccc12. The number of carboxylic acids is 1. The van der Waals surface area contributed by atoms with Gasteiger partial charge in [0, 0.05) is 24.4 Å². The number of piperidine rings is 1. The maximum atomic E-state index is 11.6. The van der Waals surface area contributed by atoms with Gasteiger partial charge in [-0.05, 0) is 31.7 Å². The maximum absolute atomic E-state index is 11.6. The highest BCUT2D eigenvalue weighted by molar-refractivity contribution is 6.02. The summed E-state index contributed by atoms with van der Waals surface area (Å²) >= 11 is 0. The number of rotatable bonds is 3. The number of aryl methyl sites for hydroxylation is 1. The summed E-state index contributed by atoms with van der Waals surface area (Å²) in [5.74, 6) is 0.0279. The molecule has 1 aromatic carbocycles. The van der Waals surface area contributed by atoms with E-state index in [1.807, 2.05) is 31.0 Å². The predicted molar refractivity (Wildman–Crippen MR) is 88.6 cm³/mol. The van der Waals surface area contributed by atoms with Crippen LogP contribution in [-0.2, 0) is 4.79 Å². The molecule has 0 bridgehead atoms. The quantitative estimate of drug-likeness (QED) is 0.912. The van der Waals surface area contributed by atoms with Crippen LogP contribution in [0.1, 0.15) is 24.8 Å². The summed E-state index contributed by atoms with van der Waals surface area (Å²) in [5.41, 5.74) is 2.08. The van der Waals surface area contributed by atoms with E-state index in [-0.39, 0.29) is 0 Å². The van der Waals surface area contributed by atoms with E-state index in [1.54, 1.807) is 6.20 Å². The first-order chi connectivity index (χ1) is 10.6. The van der Waals surface area contributed by atoms with Gasteiger partial charge < -0.3 is 15.3 Å². The first-order valence-corrected chi connectivity index (χ1v) is 7.69. The molecule has 22 heavy (non-hydrogen) atoms. The number of aliphatic carboxylic acids is 1. The highest BCUT2D eigenvalue weighted by Crippen LogP contribution is 2.35. The molecular weight excluding hydrogens is 278 g/mol. The normalized spacial score (nSPS) is 18.5. The summed E-state index contributed by atoms with van der Waals surface area (Å²) in [6.45, 7) is 2.79. The van der Waals surface area contributed by atoms with Gasteiger partial charge >= 0.3 is 5.97 Å². The highest BCUT2D eigenvalue weighted by Gasteiger charge is 2.30. The van der Waals surface area contributed by atoms with Crippen molar-refractivity contribution >= 4 is 28.2 Å². The Morgan fingerprint density at radius 1 is 1.41 bits per heavy atom. The second kappa shape index (κ2) is 5.83. The van der Waals surface area contributed by atoms with Crippen molar-refractivity contribution in [1.82, 2.24) is 4.98 Å². The molecule has 116 valence electrons. The summed E-state index contributed by atoms with van der Waals surface area (Å²) in [6, 6.07) is 5.64. The third-order valence-corrected chi connectivity index (χ3v) is 4.43. The minimum atomic E-state index is -0.763. The molecule has 2 N–H and O–H groups in total. The van der Waals surface area contributed by atoms with Gasteiger partial charge in [-0.3, -0.25) is 0 Å². The van der Waals surface area contributed by atoms with Gasteiger partial charge in [0.05, 0.1) is 11.9 Å². The van der Waals surface area contributed by atoms with Crippen molar-refractivity contribution < 1.29 is 9.90 Å². The van der Waals surface area contributed by atoms with E-state index in [4.69, 9.17) is 0 Å². The Labute approximate surface area is 130 Å². The molecule has 1 aliphatic heterocycles. The van der Waals surface area contributed by atoms with Crippen molar-refractivity contribution in [2.75, 3.05) is 23.8 Å². The molecule has 1 aliphatic rings. The minimum Gasteiger partial charge on any atom is -0.480 e. The Kier molecular flexibility index (Phi) is 3.88. The molecular formula is C17H21N3O2. The van der Waals surface area contributed by atoms with Crippen LogP contribution < -0.4 is 10.2 Å². The van der Waals surface area contributed by atoms with Gasteiger partial charge in [0.2, 0.25) is 0 Å². The zero-order valence-corrected chi connectivity index (χ0v) is 13.0. The number of fused-ring (bicyclic) bond motifs is 1. The van der Waals surface area contributed by atoms with Crippen molar-refractivity contribution in [2.24, 2.45) is 0 Å². The summed E-state index contributed by atoms with van der Waals surface area (Å²) in [5, 5.41) is 14.8. The Bertz CT molecular complexity index is 714. The average Bonchev–Trinajstić information content (AvgIpc) is 2.54. The molecule has 2 heterocycles. The van der Waals surface area contributed by atoms with Gasteiger partial charge in [-0.1, -0.05) is 18.2 Å². The molecule has 5 heteroatoms. The van der Waals surface area contributed by atoms with Crippen LogP contribution in [0, 0.1) is 6.92 Å². The number of carbonyl (C=O) groups is 1. The average molecular weight is 299 g/mol. The van der Waals surface area contributed by atoms with Crippen LogP contribution in [0.2, 0.25) is 0 Å². The fraction of sp³-hybridized carbons (Fsp3) is 0.412. The zero-order valence-electron chi connectivity index (χ0n) is 13.0. The molecule has 0 saturated carbocycles. The van der Waals surface area contributed by atoms with Crippen molar-refractivity contribution in [3.63, 3.8) is 0 Å². The third-order valence-electron chi connectivity index (χ3n) is 4.43. The molecule has 0 radical (unpaired) electrons. The van der Waals surface area contributed by atoms with Crippen molar-refractivity contribution in [3.05, 3.63) is 30.0 Å². The molecule has 0 amide bonds. The second-order valence-electron chi connectivity index (χ2n) is 5.79. The fourth-order valence-electron chi connectivity index (χ4n) is 3.31. The van der Waals surface area contributed by atoms with E-state index in [9.17, 15) is 9.90 Å². The first-order valence-electron chi connectivity index (χ1n) is 7.69. The topological polar surface area (TPSA) is 65.5 Å². The highest BCUT2D eigenvalue weighted by atomic mass is 16.4. The lowest BCUT2D eigenvalue weighted by Crippen LogP contribution is -2.45. The van der Waals surface area contributed by atoms with Crippen LogP contribution in [0.15, 0.2) is 24.4 Å². The number of hydrogen-bond donors (Lipinski definition) is 2. The molecule has 1 fully saturated rings. The van der Waals surface area contributed by atoms with Crippen molar-refractivity contribution in [2.45, 2.75) is 32.2 Å². The van der Waals surface area contributed by atoms with E-state index in [1.165, 1.54) is 0 Å². The van der Waals surface area contributed by atoms with Crippen LogP contribution in [0.5, 0.6) is 0 Å². The predicted octanol–water partition coefficient (Wildman–Crippen LogP) is 3.03. The molecule has 1 aromatic heterocycles. The van der Waals surface area contributed by atoms with E-state index >= 15 is 0 Å². The standard InChI is InChI=1S/C17H21N3O2/c1-11-6-5-7-12-13(18-2)10-19-16(15(11)12)20-9-4-3-8-14(20)17(21)22/h5-7,10,14,18H,3-4,8-9H2,1-2H3,(H,21,22). The van der Waals surface area contributed by atoms with Crippen LogP contribution in [0.4, 0.5) is 11.5 Å². The molecule has 1 atom stereocenters. The smallest absolute Gasteiger partial charge is 0.326 e. The zero-order chi connectivity index (χ0) is 15.7. The Morgan fingerprint density at radius 3 is 2.95 bits per heavy atom. The number of carboxylic acid groups (broad SMARTS) is 1. The summed E-state index contributed by atoms with van der Waals surface area (Å²) in [4.78, 5) is 18.2. The van der Waals surface area contributed by atoms with Crippen LogP contribution in [0.25, 0.3) is 10.8 Å². The van der Waals surface area contributed by atoms with Gasteiger partial charge in [-0.25, -0.2) is 9.78 Å². The van der Waals surface area contributed by atoms with Crippen LogP contribution >= 0.6 is 0 Å². The number of aromatic nitrogens is 1. The van der Waals surface area contributed by atoms with Crippen LogP contribution in [-0.4, -0.2) is 35.7 Å². The number of pyridine rings is 1. The summed E-state index contributed by atoms with van der Waals surface area (Å²) in [7, 11) is 1.87. The number of nitrogens with one attached hydrogen (secondary N) is 1. The van der Waals surface area contributed by atoms with Gasteiger partial charge in [0.1, 0.15) is 11.9 Å². The maximum Gasteiger partial charge on any atom is 0.326 e. The van der Waals surface area contributed by atoms with Gasteiger partial charge in [-0.15, -0.1) is 0 Å². The van der Waals surface area contributed by atoms with E-state index in [2.05, 4.69) is 16.4 Å². The largest absolute Gasteiger partial charge is 0.480 e. The van der Waals surface area contributed by atoms with Gasteiger partial charge in [0.15, 0.2) is 0 Å². The van der Waals surface area contributed by atoms with E-state index in [0.29, 0.717) is 6.42 Å². The molecule has 1 saturated heterocycles. The molecule has 0 spiro atoms. The monoisotopic (exact) mass is 299 g/mol. The van der Waals surface area contributed by atoms with E-state index < -0.39 is 12.0 Å². The number of nitrogens with zero attached hydrogens (tertiary/aromatic N) is 2. The van der Waals surface area contributed by atoms with Crippen molar-refractivity contribution in [3.8, 4) is 0 Å². The van der Waals surface area contributed by atoms with Crippen molar-refractivity contribution in [1.29, 1.82) is 0 Å².